The number of piperidine rings is 1. The van der Waals surface area contributed by atoms with Crippen LogP contribution in [0.25, 0.3) is 11.0 Å². The third-order valence-electron chi connectivity index (χ3n) is 7.54. The molecule has 0 aliphatic carbocycles. The van der Waals surface area contributed by atoms with E-state index in [0.717, 1.165) is 37.2 Å². The molecule has 0 spiro atoms. The lowest BCUT2D eigenvalue weighted by atomic mass is 10.0. The number of hydroxylamine groups is 1. The average Bonchev–Trinajstić information content (AvgIpc) is 3.44. The number of carbonyl (C=O) groups is 4. The first-order valence-electron chi connectivity index (χ1n) is 15.8. The highest BCUT2D eigenvalue weighted by Gasteiger charge is 2.26. The molecule has 13 nitrogen and oxygen atoms in total. The van der Waals surface area contributed by atoms with Gasteiger partial charge >= 0.3 is 18.2 Å². The second-order valence-electron chi connectivity index (χ2n) is 12.3. The molecule has 2 heterocycles. The molecule has 13 heteroatoms. The zero-order valence-electron chi connectivity index (χ0n) is 27.2. The summed E-state index contributed by atoms with van der Waals surface area (Å²) >= 11 is 0. The summed E-state index contributed by atoms with van der Waals surface area (Å²) in [6, 6.07) is 23.9. The van der Waals surface area contributed by atoms with Gasteiger partial charge in [-0.2, -0.15) is 0 Å². The van der Waals surface area contributed by atoms with Crippen LogP contribution < -0.4 is 21.0 Å². The molecule has 5 rings (SSSR count). The largest absolute Gasteiger partial charge is 0.443 e. The van der Waals surface area contributed by atoms with Gasteiger partial charge in [0.1, 0.15) is 12.2 Å². The molecule has 1 aliphatic heterocycles. The highest BCUT2D eigenvalue weighted by atomic mass is 16.7. The van der Waals surface area contributed by atoms with Crippen LogP contribution in [0.5, 0.6) is 0 Å². The molecule has 48 heavy (non-hydrogen) atoms. The predicted octanol–water partition coefficient (Wildman–Crippen LogP) is 5.40. The Balaban J connectivity index is 1.04. The van der Waals surface area contributed by atoms with Gasteiger partial charge in [0, 0.05) is 36.9 Å². The van der Waals surface area contributed by atoms with E-state index in [-0.39, 0.29) is 31.5 Å². The van der Waals surface area contributed by atoms with E-state index in [4.69, 9.17) is 14.3 Å². The maximum absolute atomic E-state index is 13.1. The fourth-order valence-electron chi connectivity index (χ4n) is 5.19. The third kappa shape index (κ3) is 9.24. The fourth-order valence-corrected chi connectivity index (χ4v) is 5.19. The van der Waals surface area contributed by atoms with Gasteiger partial charge in [-0.15, -0.1) is 5.48 Å². The maximum Gasteiger partial charge on any atom is 0.441 e. The number of imidazole rings is 1. The molecule has 0 unspecified atom stereocenters. The first kappa shape index (κ1) is 33.8. The van der Waals surface area contributed by atoms with Crippen LogP contribution in [0.2, 0.25) is 0 Å². The lowest BCUT2D eigenvalue weighted by molar-refractivity contribution is -0.149. The number of anilines is 2. The Morgan fingerprint density at radius 1 is 0.896 bits per heavy atom. The van der Waals surface area contributed by atoms with E-state index in [1.54, 1.807) is 24.3 Å². The molecular weight excluding hydrogens is 616 g/mol. The van der Waals surface area contributed by atoms with Crippen LogP contribution in [-0.4, -0.2) is 64.9 Å². The minimum atomic E-state index is -0.893. The predicted molar refractivity (Wildman–Crippen MR) is 179 cm³/mol. The minimum Gasteiger partial charge on any atom is -0.443 e. The molecule has 0 atom stereocenters. The topological polar surface area (TPSA) is 153 Å². The van der Waals surface area contributed by atoms with Crippen LogP contribution in [-0.2, 0) is 25.7 Å². The van der Waals surface area contributed by atoms with Crippen molar-refractivity contribution in [2.24, 2.45) is 0 Å². The molecule has 0 saturated carbocycles. The highest BCUT2D eigenvalue weighted by molar-refractivity contribution is 5.94. The van der Waals surface area contributed by atoms with Crippen LogP contribution in [0.1, 0.15) is 56.0 Å². The zero-order valence-corrected chi connectivity index (χ0v) is 27.2. The van der Waals surface area contributed by atoms with E-state index >= 15 is 0 Å². The van der Waals surface area contributed by atoms with Crippen molar-refractivity contribution in [3.8, 4) is 0 Å². The number of para-hydroxylation sites is 2. The van der Waals surface area contributed by atoms with E-state index in [9.17, 15) is 19.2 Å². The number of fused-ring (bicyclic) bond motifs is 1. The molecule has 0 radical (unpaired) electrons. The standard InChI is InChI=1S/C35H40N6O7/c1-35(2,3)47-34(45)41-29-12-8-7-11-28(29)38-32(41)37-26-18-21-40(22-19-26)27-15-13-25(14-16-27)31(43)36-20-17-30(42)48-39-33(44)46-23-24-9-5-4-6-10-24/h4-16,26H,17-23H2,1-3H3,(H,36,43)(H,37,38)(H,39,44). The summed E-state index contributed by atoms with van der Waals surface area (Å²) < 4.78 is 12.1. The second kappa shape index (κ2) is 15.3. The summed E-state index contributed by atoms with van der Waals surface area (Å²) in [6.45, 7) is 7.11. The molecule has 3 aromatic carbocycles. The molecule has 2 amide bonds. The quantitative estimate of drug-likeness (QED) is 0.158. The van der Waals surface area contributed by atoms with Crippen LogP contribution >= 0.6 is 0 Å². The first-order chi connectivity index (χ1) is 23.1. The van der Waals surface area contributed by atoms with Gasteiger partial charge < -0.3 is 29.8 Å². The third-order valence-corrected chi connectivity index (χ3v) is 7.54. The molecule has 1 aromatic heterocycles. The number of carbonyl (C=O) groups excluding carboxylic acids is 4. The molecule has 1 fully saturated rings. The van der Waals surface area contributed by atoms with Crippen molar-refractivity contribution in [1.82, 2.24) is 20.3 Å². The fraction of sp³-hybridized carbons (Fsp3) is 0.343. The summed E-state index contributed by atoms with van der Waals surface area (Å²) in [5, 5.41) is 6.15. The van der Waals surface area contributed by atoms with Crippen molar-refractivity contribution < 1.29 is 33.5 Å². The number of ether oxygens (including phenoxy) is 2. The Morgan fingerprint density at radius 3 is 2.29 bits per heavy atom. The van der Waals surface area contributed by atoms with E-state index in [2.05, 4.69) is 20.5 Å². The highest BCUT2D eigenvalue weighted by Crippen LogP contribution is 2.26. The van der Waals surface area contributed by atoms with Crippen molar-refractivity contribution in [2.75, 3.05) is 29.9 Å². The SMILES string of the molecule is CC(C)(C)OC(=O)n1c(NC2CCN(c3ccc(C(=O)NCCC(=O)ONC(=O)OCc4ccccc4)cc3)CC2)nc2ccccc21. The van der Waals surface area contributed by atoms with Gasteiger partial charge in [0.15, 0.2) is 0 Å². The van der Waals surface area contributed by atoms with Crippen molar-refractivity contribution in [2.45, 2.75) is 58.3 Å². The van der Waals surface area contributed by atoms with E-state index in [0.29, 0.717) is 22.5 Å². The van der Waals surface area contributed by atoms with Gasteiger partial charge in [0.25, 0.3) is 5.91 Å². The van der Waals surface area contributed by atoms with Gasteiger partial charge in [0.05, 0.1) is 17.5 Å². The van der Waals surface area contributed by atoms with Crippen LogP contribution in [0.15, 0.2) is 78.9 Å². The number of rotatable bonds is 9. The summed E-state index contributed by atoms with van der Waals surface area (Å²) in [5.41, 5.74) is 4.92. The maximum atomic E-state index is 13.1. The van der Waals surface area contributed by atoms with Gasteiger partial charge in [-0.25, -0.2) is 23.9 Å². The molecule has 1 saturated heterocycles. The lowest BCUT2D eigenvalue weighted by Crippen LogP contribution is -2.40. The number of aromatic nitrogens is 2. The summed E-state index contributed by atoms with van der Waals surface area (Å²) in [7, 11) is 0. The number of benzene rings is 3. The van der Waals surface area contributed by atoms with Crippen LogP contribution in [0.3, 0.4) is 0 Å². The number of amides is 2. The molecule has 0 bridgehead atoms. The Hall–Kier alpha value is -5.59. The molecular formula is C35H40N6O7. The van der Waals surface area contributed by atoms with E-state index < -0.39 is 23.8 Å². The van der Waals surface area contributed by atoms with Crippen molar-refractivity contribution in [1.29, 1.82) is 0 Å². The monoisotopic (exact) mass is 656 g/mol. The second-order valence-corrected chi connectivity index (χ2v) is 12.3. The first-order valence-corrected chi connectivity index (χ1v) is 15.8. The van der Waals surface area contributed by atoms with Crippen molar-refractivity contribution >= 4 is 46.7 Å². The number of hydrogen-bond acceptors (Lipinski definition) is 10. The Labute approximate surface area is 278 Å². The zero-order chi connectivity index (χ0) is 34.1. The number of nitrogens with zero attached hydrogens (tertiary/aromatic N) is 3. The van der Waals surface area contributed by atoms with E-state index in [1.807, 2.05) is 80.8 Å². The summed E-state index contributed by atoms with van der Waals surface area (Å²) in [6.07, 6.45) is 0.120. The normalized spacial score (nSPS) is 13.4. The lowest BCUT2D eigenvalue weighted by Gasteiger charge is -2.34. The molecule has 4 aromatic rings. The van der Waals surface area contributed by atoms with Gasteiger partial charge in [-0.3, -0.25) is 4.79 Å². The van der Waals surface area contributed by atoms with Crippen molar-refractivity contribution in [3.05, 3.63) is 90.0 Å². The smallest absolute Gasteiger partial charge is 0.441 e. The van der Waals surface area contributed by atoms with Gasteiger partial charge in [0.2, 0.25) is 5.95 Å². The molecule has 252 valence electrons. The summed E-state index contributed by atoms with van der Waals surface area (Å²) in [5.74, 6) is -0.590. The molecule has 1 aliphatic rings. The Kier molecular flexibility index (Phi) is 10.8. The molecule has 3 N–H and O–H groups in total. The summed E-state index contributed by atoms with van der Waals surface area (Å²) in [4.78, 5) is 61.0. The van der Waals surface area contributed by atoms with Gasteiger partial charge in [-0.05, 0) is 75.6 Å². The van der Waals surface area contributed by atoms with E-state index in [1.165, 1.54) is 4.57 Å². The van der Waals surface area contributed by atoms with Crippen molar-refractivity contribution in [3.63, 3.8) is 0 Å². The van der Waals surface area contributed by atoms with Crippen LogP contribution in [0.4, 0.5) is 21.2 Å². The van der Waals surface area contributed by atoms with Crippen LogP contribution in [0, 0.1) is 0 Å². The Morgan fingerprint density at radius 2 is 1.58 bits per heavy atom. The number of nitrogens with one attached hydrogen (secondary N) is 3. The minimum absolute atomic E-state index is 0.0302. The Bertz CT molecular complexity index is 1730. The van der Waals surface area contributed by atoms with Gasteiger partial charge in [-0.1, -0.05) is 42.5 Å². The average molecular weight is 657 g/mol. The number of hydrogen-bond donors (Lipinski definition) is 3.